The maximum atomic E-state index is 4.82. The van der Waals surface area contributed by atoms with E-state index in [1.807, 2.05) is 7.05 Å². The molecule has 1 saturated heterocycles. The minimum absolute atomic E-state index is 0.0396. The zero-order valence-corrected chi connectivity index (χ0v) is 12.7. The lowest BCUT2D eigenvalue weighted by Gasteiger charge is -2.31. The molecule has 1 fully saturated rings. The minimum Gasteiger partial charge on any atom is -0.373 e. The quantitative estimate of drug-likeness (QED) is 0.847. The Morgan fingerprint density at radius 2 is 1.79 bits per heavy atom. The Balaban J connectivity index is 2.45. The normalized spacial score (nSPS) is 16.6. The second-order valence-electron chi connectivity index (χ2n) is 6.08. The minimum atomic E-state index is -0.0396. The summed E-state index contributed by atoms with van der Waals surface area (Å²) in [5.41, 5.74) is 1.10. The molecule has 2 rings (SSSR count). The van der Waals surface area contributed by atoms with Crippen LogP contribution in [0.3, 0.4) is 0 Å². The standard InChI is InChI=1S/C14H25N5/c1-10-11(15-5)17-13(14(2,3)4)18-12(10)19-8-6-16-7-9-19/h16H,6-9H2,1-5H3,(H,15,17,18). The summed E-state index contributed by atoms with van der Waals surface area (Å²) >= 11 is 0. The van der Waals surface area contributed by atoms with E-state index in [1.165, 1.54) is 0 Å². The van der Waals surface area contributed by atoms with Gasteiger partial charge >= 0.3 is 0 Å². The van der Waals surface area contributed by atoms with Gasteiger partial charge in [0, 0.05) is 44.2 Å². The molecule has 2 N–H and O–H groups in total. The monoisotopic (exact) mass is 263 g/mol. The third kappa shape index (κ3) is 2.97. The predicted molar refractivity (Wildman–Crippen MR) is 80.1 cm³/mol. The Labute approximate surface area is 115 Å². The van der Waals surface area contributed by atoms with Crippen LogP contribution in [0, 0.1) is 6.92 Å². The highest BCUT2D eigenvalue weighted by Gasteiger charge is 2.23. The molecule has 0 radical (unpaired) electrons. The largest absolute Gasteiger partial charge is 0.373 e. The average Bonchev–Trinajstić information content (AvgIpc) is 2.38. The average molecular weight is 263 g/mol. The fourth-order valence-corrected chi connectivity index (χ4v) is 2.27. The molecule has 0 saturated carbocycles. The number of aromatic nitrogens is 2. The predicted octanol–water partition coefficient (Wildman–Crippen LogP) is 1.53. The van der Waals surface area contributed by atoms with Crippen molar-refractivity contribution < 1.29 is 0 Å². The molecule has 2 heterocycles. The third-order valence-corrected chi connectivity index (χ3v) is 3.44. The van der Waals surface area contributed by atoms with E-state index in [0.717, 1.165) is 49.2 Å². The van der Waals surface area contributed by atoms with Gasteiger partial charge in [-0.3, -0.25) is 0 Å². The van der Waals surface area contributed by atoms with Gasteiger partial charge in [-0.1, -0.05) is 20.8 Å². The van der Waals surface area contributed by atoms with Crippen LogP contribution in [0.5, 0.6) is 0 Å². The Kier molecular flexibility index (Phi) is 3.94. The maximum absolute atomic E-state index is 4.82. The first-order valence-electron chi connectivity index (χ1n) is 6.96. The van der Waals surface area contributed by atoms with Gasteiger partial charge in [-0.2, -0.15) is 0 Å². The lowest BCUT2D eigenvalue weighted by Crippen LogP contribution is -2.44. The van der Waals surface area contributed by atoms with Crippen LogP contribution in [-0.2, 0) is 5.41 Å². The molecular formula is C14H25N5. The van der Waals surface area contributed by atoms with Crippen molar-refractivity contribution in [2.45, 2.75) is 33.1 Å². The molecule has 1 aliphatic heterocycles. The van der Waals surface area contributed by atoms with Gasteiger partial charge in [0.15, 0.2) is 0 Å². The van der Waals surface area contributed by atoms with Crippen LogP contribution >= 0.6 is 0 Å². The topological polar surface area (TPSA) is 53.1 Å². The first kappa shape index (κ1) is 14.1. The summed E-state index contributed by atoms with van der Waals surface area (Å²) in [5, 5.41) is 6.57. The molecule has 0 amide bonds. The Hall–Kier alpha value is -1.36. The van der Waals surface area contributed by atoms with Crippen LogP contribution in [0.4, 0.5) is 11.6 Å². The van der Waals surface area contributed by atoms with Crippen LogP contribution in [0.15, 0.2) is 0 Å². The van der Waals surface area contributed by atoms with Crippen molar-refractivity contribution in [2.24, 2.45) is 0 Å². The molecule has 0 aromatic carbocycles. The Bertz CT molecular complexity index is 444. The summed E-state index contributed by atoms with van der Waals surface area (Å²) < 4.78 is 0. The van der Waals surface area contributed by atoms with Gasteiger partial charge in [-0.05, 0) is 6.92 Å². The molecular weight excluding hydrogens is 238 g/mol. The molecule has 5 nitrogen and oxygen atoms in total. The van der Waals surface area contributed by atoms with Crippen LogP contribution in [-0.4, -0.2) is 43.2 Å². The van der Waals surface area contributed by atoms with Crippen LogP contribution < -0.4 is 15.5 Å². The third-order valence-electron chi connectivity index (χ3n) is 3.44. The van der Waals surface area contributed by atoms with Gasteiger partial charge in [-0.15, -0.1) is 0 Å². The highest BCUT2D eigenvalue weighted by atomic mass is 15.2. The first-order chi connectivity index (χ1) is 8.93. The molecule has 0 spiro atoms. The molecule has 1 aliphatic rings. The number of nitrogens with zero attached hydrogens (tertiary/aromatic N) is 3. The SMILES string of the molecule is CNc1nc(C(C)(C)C)nc(N2CCNCC2)c1C. The van der Waals surface area contributed by atoms with Crippen LogP contribution in [0.25, 0.3) is 0 Å². The van der Waals surface area contributed by atoms with E-state index in [4.69, 9.17) is 4.98 Å². The molecule has 5 heteroatoms. The highest BCUT2D eigenvalue weighted by Crippen LogP contribution is 2.28. The second-order valence-corrected chi connectivity index (χ2v) is 6.08. The van der Waals surface area contributed by atoms with E-state index in [1.54, 1.807) is 0 Å². The summed E-state index contributed by atoms with van der Waals surface area (Å²) in [6.45, 7) is 12.6. The van der Waals surface area contributed by atoms with E-state index in [0.29, 0.717) is 0 Å². The molecule has 1 aromatic rings. The zero-order chi connectivity index (χ0) is 14.0. The lowest BCUT2D eigenvalue weighted by atomic mass is 9.95. The van der Waals surface area contributed by atoms with Crippen molar-refractivity contribution in [2.75, 3.05) is 43.4 Å². The summed E-state index contributed by atoms with van der Waals surface area (Å²) in [4.78, 5) is 11.8. The van der Waals surface area contributed by atoms with Gasteiger partial charge in [0.1, 0.15) is 17.5 Å². The van der Waals surface area contributed by atoms with Gasteiger partial charge in [0.05, 0.1) is 0 Å². The van der Waals surface area contributed by atoms with Gasteiger partial charge in [0.25, 0.3) is 0 Å². The maximum Gasteiger partial charge on any atom is 0.138 e. The summed E-state index contributed by atoms with van der Waals surface area (Å²) in [5.74, 6) is 2.91. The highest BCUT2D eigenvalue weighted by molar-refractivity contribution is 5.59. The zero-order valence-electron chi connectivity index (χ0n) is 12.7. The van der Waals surface area contributed by atoms with Crippen molar-refractivity contribution in [3.8, 4) is 0 Å². The fraction of sp³-hybridized carbons (Fsp3) is 0.714. The lowest BCUT2D eigenvalue weighted by molar-refractivity contribution is 0.538. The van der Waals surface area contributed by atoms with Crippen molar-refractivity contribution in [1.29, 1.82) is 0 Å². The van der Waals surface area contributed by atoms with E-state index in [2.05, 4.69) is 48.2 Å². The second kappa shape index (κ2) is 5.33. The van der Waals surface area contributed by atoms with Crippen molar-refractivity contribution >= 4 is 11.6 Å². The van der Waals surface area contributed by atoms with Crippen molar-refractivity contribution in [3.05, 3.63) is 11.4 Å². The number of nitrogens with one attached hydrogen (secondary N) is 2. The number of rotatable bonds is 2. The number of hydrogen-bond donors (Lipinski definition) is 2. The number of anilines is 2. The fourth-order valence-electron chi connectivity index (χ4n) is 2.27. The Morgan fingerprint density at radius 1 is 1.16 bits per heavy atom. The molecule has 0 aliphatic carbocycles. The van der Waals surface area contributed by atoms with Gasteiger partial charge in [-0.25, -0.2) is 9.97 Å². The van der Waals surface area contributed by atoms with Crippen LogP contribution in [0.1, 0.15) is 32.2 Å². The summed E-state index contributed by atoms with van der Waals surface area (Å²) in [6, 6.07) is 0. The van der Waals surface area contributed by atoms with E-state index >= 15 is 0 Å². The van der Waals surface area contributed by atoms with Crippen molar-refractivity contribution in [3.63, 3.8) is 0 Å². The van der Waals surface area contributed by atoms with E-state index < -0.39 is 0 Å². The smallest absolute Gasteiger partial charge is 0.138 e. The summed E-state index contributed by atoms with van der Waals surface area (Å²) in [7, 11) is 1.92. The molecule has 106 valence electrons. The number of hydrogen-bond acceptors (Lipinski definition) is 5. The molecule has 1 aromatic heterocycles. The summed E-state index contributed by atoms with van der Waals surface area (Å²) in [6.07, 6.45) is 0. The first-order valence-corrected chi connectivity index (χ1v) is 6.96. The molecule has 0 atom stereocenters. The van der Waals surface area contributed by atoms with Crippen molar-refractivity contribution in [1.82, 2.24) is 15.3 Å². The van der Waals surface area contributed by atoms with E-state index in [-0.39, 0.29) is 5.41 Å². The Morgan fingerprint density at radius 3 is 2.32 bits per heavy atom. The van der Waals surface area contributed by atoms with Gasteiger partial charge < -0.3 is 15.5 Å². The number of piperazine rings is 1. The van der Waals surface area contributed by atoms with E-state index in [9.17, 15) is 0 Å². The van der Waals surface area contributed by atoms with Gasteiger partial charge in [0.2, 0.25) is 0 Å². The molecule has 0 unspecified atom stereocenters. The molecule has 0 bridgehead atoms. The van der Waals surface area contributed by atoms with Crippen LogP contribution in [0.2, 0.25) is 0 Å². The molecule has 19 heavy (non-hydrogen) atoms.